The topological polar surface area (TPSA) is 42.0 Å². The van der Waals surface area contributed by atoms with Gasteiger partial charge in [0.15, 0.2) is 0 Å². The minimum atomic E-state index is -0.153. The van der Waals surface area contributed by atoms with Gasteiger partial charge in [-0.25, -0.2) is 4.98 Å². The van der Waals surface area contributed by atoms with Crippen molar-refractivity contribution in [2.24, 2.45) is 0 Å². The predicted octanol–water partition coefficient (Wildman–Crippen LogP) is 2.93. The van der Waals surface area contributed by atoms with Crippen LogP contribution in [0.25, 0.3) is 10.9 Å². The van der Waals surface area contributed by atoms with Gasteiger partial charge in [-0.1, -0.05) is 38.1 Å². The van der Waals surface area contributed by atoms with Crippen LogP contribution in [0.4, 0.5) is 0 Å². The fraction of sp³-hybridized carbons (Fsp3) is 0.286. The smallest absolute Gasteiger partial charge is 0.269 e. The molecule has 1 aromatic heterocycles. The van der Waals surface area contributed by atoms with Gasteiger partial charge < -0.3 is 5.32 Å². The molecular weight excluding hydrogens is 212 g/mol. The lowest BCUT2D eigenvalue weighted by Gasteiger charge is -2.03. The van der Waals surface area contributed by atoms with Crippen molar-refractivity contribution in [3.8, 4) is 0 Å². The van der Waals surface area contributed by atoms with Gasteiger partial charge in [-0.3, -0.25) is 4.79 Å². The van der Waals surface area contributed by atoms with Crippen LogP contribution >= 0.6 is 0 Å². The van der Waals surface area contributed by atoms with E-state index >= 15 is 0 Å². The number of fused-ring (bicyclic) bond motifs is 1. The van der Waals surface area contributed by atoms with Crippen LogP contribution in [0.1, 0.15) is 29.9 Å². The lowest BCUT2D eigenvalue weighted by molar-refractivity contribution is 0.0958. The fourth-order valence-electron chi connectivity index (χ4n) is 1.55. The Bertz CT molecular complexity index is 521. The molecule has 0 bridgehead atoms. The average molecular weight is 230 g/mol. The van der Waals surface area contributed by atoms with E-state index in [1.807, 2.05) is 45.0 Å². The first-order valence-corrected chi connectivity index (χ1v) is 5.81. The number of nitrogens with zero attached hydrogens (tertiary/aromatic N) is 1. The molecule has 1 aromatic carbocycles. The maximum absolute atomic E-state index is 11.4. The number of aryl methyl sites for hydroxylation is 1. The van der Waals surface area contributed by atoms with Gasteiger partial charge in [0.2, 0.25) is 0 Å². The number of aromatic nitrogens is 1. The van der Waals surface area contributed by atoms with Crippen LogP contribution in [0.15, 0.2) is 30.3 Å². The van der Waals surface area contributed by atoms with E-state index in [9.17, 15) is 4.79 Å². The first-order valence-electron chi connectivity index (χ1n) is 5.81. The summed E-state index contributed by atoms with van der Waals surface area (Å²) in [5.74, 6) is -0.153. The monoisotopic (exact) mass is 230 g/mol. The molecule has 0 aliphatic rings. The van der Waals surface area contributed by atoms with Gasteiger partial charge >= 0.3 is 0 Å². The number of benzene rings is 1. The highest BCUT2D eigenvalue weighted by molar-refractivity contribution is 5.95. The molecule has 1 amide bonds. The van der Waals surface area contributed by atoms with Crippen molar-refractivity contribution in [1.82, 2.24) is 10.3 Å². The molecule has 3 heteroatoms. The Hall–Kier alpha value is -1.90. The standard InChI is InChI=1S/C12H12N2O.C2H6/c1-8-4-3-5-9-6-7-10(12(15)13-2)14-11(8)9;1-2/h3-7H,1-2H3,(H,13,15);1-2H3. The van der Waals surface area contributed by atoms with E-state index < -0.39 is 0 Å². The second-order valence-corrected chi connectivity index (χ2v) is 3.42. The molecule has 90 valence electrons. The Balaban J connectivity index is 0.000000686. The van der Waals surface area contributed by atoms with E-state index in [0.717, 1.165) is 16.5 Å². The highest BCUT2D eigenvalue weighted by atomic mass is 16.1. The number of nitrogens with one attached hydrogen (secondary N) is 1. The summed E-state index contributed by atoms with van der Waals surface area (Å²) in [6, 6.07) is 9.62. The SMILES string of the molecule is CC.CNC(=O)c1ccc2cccc(C)c2n1. The van der Waals surface area contributed by atoms with E-state index in [1.165, 1.54) is 0 Å². The maximum atomic E-state index is 11.4. The van der Waals surface area contributed by atoms with Crippen LogP contribution < -0.4 is 5.32 Å². The Morgan fingerprint density at radius 1 is 1.18 bits per heavy atom. The summed E-state index contributed by atoms with van der Waals surface area (Å²) in [5.41, 5.74) is 2.43. The summed E-state index contributed by atoms with van der Waals surface area (Å²) in [6.45, 7) is 5.99. The van der Waals surface area contributed by atoms with Gasteiger partial charge in [0.25, 0.3) is 5.91 Å². The Morgan fingerprint density at radius 3 is 2.53 bits per heavy atom. The van der Waals surface area contributed by atoms with Gasteiger partial charge in [0.1, 0.15) is 5.69 Å². The van der Waals surface area contributed by atoms with E-state index in [0.29, 0.717) is 5.69 Å². The second-order valence-electron chi connectivity index (χ2n) is 3.42. The van der Waals surface area contributed by atoms with E-state index in [2.05, 4.69) is 10.3 Å². The average Bonchev–Trinajstić information content (AvgIpc) is 2.40. The maximum Gasteiger partial charge on any atom is 0.269 e. The number of hydrogen-bond acceptors (Lipinski definition) is 2. The van der Waals surface area contributed by atoms with Crippen LogP contribution in [0, 0.1) is 6.92 Å². The summed E-state index contributed by atoms with van der Waals surface area (Å²) in [4.78, 5) is 15.7. The van der Waals surface area contributed by atoms with Crippen molar-refractivity contribution in [2.75, 3.05) is 7.05 Å². The zero-order chi connectivity index (χ0) is 12.8. The molecule has 0 radical (unpaired) electrons. The van der Waals surface area contributed by atoms with Crippen LogP contribution in [0.5, 0.6) is 0 Å². The zero-order valence-corrected chi connectivity index (χ0v) is 10.7. The molecular formula is C14H18N2O. The lowest BCUT2D eigenvalue weighted by atomic mass is 10.1. The molecule has 3 nitrogen and oxygen atoms in total. The summed E-state index contributed by atoms with van der Waals surface area (Å²) in [6.07, 6.45) is 0. The van der Waals surface area contributed by atoms with E-state index in [1.54, 1.807) is 13.1 Å². The lowest BCUT2D eigenvalue weighted by Crippen LogP contribution is -2.19. The van der Waals surface area contributed by atoms with Gasteiger partial charge in [-0.05, 0) is 18.6 Å². The second kappa shape index (κ2) is 5.99. The zero-order valence-electron chi connectivity index (χ0n) is 10.7. The largest absolute Gasteiger partial charge is 0.354 e. The van der Waals surface area contributed by atoms with Crippen molar-refractivity contribution in [3.05, 3.63) is 41.6 Å². The number of carbonyl (C=O) groups excluding carboxylic acids is 1. The van der Waals surface area contributed by atoms with E-state index in [4.69, 9.17) is 0 Å². The Labute approximate surface area is 102 Å². The fourth-order valence-corrected chi connectivity index (χ4v) is 1.55. The molecule has 0 atom stereocenters. The highest BCUT2D eigenvalue weighted by Crippen LogP contribution is 2.16. The number of carbonyl (C=O) groups is 1. The quantitative estimate of drug-likeness (QED) is 0.818. The summed E-state index contributed by atoms with van der Waals surface area (Å²) < 4.78 is 0. The van der Waals surface area contributed by atoms with Crippen LogP contribution in [-0.4, -0.2) is 17.9 Å². The first-order chi connectivity index (χ1) is 8.22. The third kappa shape index (κ3) is 2.81. The number of rotatable bonds is 1. The van der Waals surface area contributed by atoms with Crippen molar-refractivity contribution in [1.29, 1.82) is 0 Å². The van der Waals surface area contributed by atoms with Gasteiger partial charge in [0, 0.05) is 12.4 Å². The number of amides is 1. The highest BCUT2D eigenvalue weighted by Gasteiger charge is 2.06. The Morgan fingerprint density at radius 2 is 1.88 bits per heavy atom. The normalized spacial score (nSPS) is 9.41. The Kier molecular flexibility index (Phi) is 4.64. The molecule has 0 unspecified atom stereocenters. The van der Waals surface area contributed by atoms with Gasteiger partial charge in [-0.2, -0.15) is 0 Å². The third-order valence-electron chi connectivity index (χ3n) is 2.38. The molecule has 0 aliphatic carbocycles. The molecule has 1 N–H and O–H groups in total. The number of hydrogen-bond donors (Lipinski definition) is 1. The number of para-hydroxylation sites is 1. The molecule has 0 saturated heterocycles. The molecule has 0 spiro atoms. The van der Waals surface area contributed by atoms with Crippen molar-refractivity contribution in [2.45, 2.75) is 20.8 Å². The first kappa shape index (κ1) is 13.2. The third-order valence-corrected chi connectivity index (χ3v) is 2.38. The van der Waals surface area contributed by atoms with Crippen LogP contribution in [0.3, 0.4) is 0 Å². The van der Waals surface area contributed by atoms with Crippen molar-refractivity contribution >= 4 is 16.8 Å². The van der Waals surface area contributed by atoms with Crippen molar-refractivity contribution < 1.29 is 4.79 Å². The molecule has 2 rings (SSSR count). The molecule has 0 fully saturated rings. The molecule has 1 heterocycles. The summed E-state index contributed by atoms with van der Waals surface area (Å²) in [7, 11) is 1.60. The molecule has 2 aromatic rings. The van der Waals surface area contributed by atoms with Gasteiger partial charge in [-0.15, -0.1) is 0 Å². The molecule has 0 aliphatic heterocycles. The summed E-state index contributed by atoms with van der Waals surface area (Å²) in [5, 5.41) is 3.62. The molecule has 17 heavy (non-hydrogen) atoms. The van der Waals surface area contributed by atoms with Crippen molar-refractivity contribution in [3.63, 3.8) is 0 Å². The molecule has 0 saturated carbocycles. The summed E-state index contributed by atoms with van der Waals surface area (Å²) >= 11 is 0. The van der Waals surface area contributed by atoms with Crippen LogP contribution in [-0.2, 0) is 0 Å². The minimum absolute atomic E-state index is 0.153. The predicted molar refractivity (Wildman–Crippen MR) is 71.2 cm³/mol. The van der Waals surface area contributed by atoms with E-state index in [-0.39, 0.29) is 5.91 Å². The van der Waals surface area contributed by atoms with Gasteiger partial charge in [0.05, 0.1) is 5.52 Å². The van der Waals surface area contributed by atoms with Crippen LogP contribution in [0.2, 0.25) is 0 Å². The number of pyridine rings is 1. The minimum Gasteiger partial charge on any atom is -0.354 e.